The van der Waals surface area contributed by atoms with E-state index in [1.165, 1.54) is 12.0 Å². The average Bonchev–Trinajstić information content (AvgIpc) is 2.48. The fraction of sp³-hybridized carbons (Fsp3) is 0.385. The summed E-state index contributed by atoms with van der Waals surface area (Å²) in [6.07, 6.45) is 0. The molecule has 0 saturated carbocycles. The molecule has 1 aromatic carbocycles. The first-order chi connectivity index (χ1) is 8.63. The predicted octanol–water partition coefficient (Wildman–Crippen LogP) is 1.00. The number of anilines is 1. The van der Waals surface area contributed by atoms with E-state index in [-0.39, 0.29) is 18.4 Å². The first-order valence-corrected chi connectivity index (χ1v) is 5.80. The van der Waals surface area contributed by atoms with Crippen LogP contribution in [0.4, 0.5) is 5.69 Å². The molecule has 5 nitrogen and oxygen atoms in total. The molecule has 0 bridgehead atoms. The molecular formula is C13H16N2O3. The van der Waals surface area contributed by atoms with Gasteiger partial charge in [-0.15, -0.1) is 0 Å². The van der Waals surface area contributed by atoms with Crippen LogP contribution in [0.25, 0.3) is 0 Å². The minimum Gasteiger partial charge on any atom is -0.375 e. The van der Waals surface area contributed by atoms with Gasteiger partial charge in [0.15, 0.2) is 0 Å². The summed E-state index contributed by atoms with van der Waals surface area (Å²) < 4.78 is 4.85. The Morgan fingerprint density at radius 3 is 2.94 bits per heavy atom. The van der Waals surface area contributed by atoms with Gasteiger partial charge in [0.1, 0.15) is 12.6 Å². The smallest absolute Gasteiger partial charge is 0.249 e. The monoisotopic (exact) mass is 248 g/mol. The quantitative estimate of drug-likeness (QED) is 0.849. The minimum atomic E-state index is -0.500. The zero-order chi connectivity index (χ0) is 13.1. The molecule has 0 aromatic heterocycles. The number of fused-ring (bicyclic) bond motifs is 1. The molecule has 2 amide bonds. The van der Waals surface area contributed by atoms with Gasteiger partial charge >= 0.3 is 0 Å². The maximum absolute atomic E-state index is 12.0. The highest BCUT2D eigenvalue weighted by molar-refractivity contribution is 5.98. The maximum atomic E-state index is 12.0. The summed E-state index contributed by atoms with van der Waals surface area (Å²) in [7, 11) is 1.47. The number of rotatable bonds is 2. The third-order valence-corrected chi connectivity index (χ3v) is 3.05. The highest BCUT2D eigenvalue weighted by Crippen LogP contribution is 2.22. The summed E-state index contributed by atoms with van der Waals surface area (Å²) >= 11 is 0. The van der Waals surface area contributed by atoms with Gasteiger partial charge in [0.25, 0.3) is 0 Å². The second kappa shape index (κ2) is 5.18. The molecule has 96 valence electrons. The number of carbonyl (C=O) groups is 2. The molecule has 2 rings (SSSR count). The van der Waals surface area contributed by atoms with E-state index in [4.69, 9.17) is 4.74 Å². The molecule has 0 fully saturated rings. The van der Waals surface area contributed by atoms with Crippen LogP contribution < -0.4 is 5.32 Å². The molecule has 18 heavy (non-hydrogen) atoms. The van der Waals surface area contributed by atoms with E-state index in [0.29, 0.717) is 6.54 Å². The van der Waals surface area contributed by atoms with Gasteiger partial charge in [0.05, 0.1) is 0 Å². The Morgan fingerprint density at radius 1 is 1.50 bits per heavy atom. The molecule has 1 N–H and O–H groups in total. The fourth-order valence-electron chi connectivity index (χ4n) is 1.99. The molecule has 0 radical (unpaired) electrons. The van der Waals surface area contributed by atoms with Gasteiger partial charge in [-0.2, -0.15) is 0 Å². The van der Waals surface area contributed by atoms with E-state index in [9.17, 15) is 9.59 Å². The second-order valence-electron chi connectivity index (χ2n) is 4.28. The van der Waals surface area contributed by atoms with Crippen molar-refractivity contribution in [1.29, 1.82) is 0 Å². The first-order valence-electron chi connectivity index (χ1n) is 5.80. The summed E-state index contributed by atoms with van der Waals surface area (Å²) in [6, 6.07) is 6.99. The predicted molar refractivity (Wildman–Crippen MR) is 67.0 cm³/mol. The molecule has 0 spiro atoms. The van der Waals surface area contributed by atoms with Crippen LogP contribution in [-0.2, 0) is 20.9 Å². The fourth-order valence-corrected chi connectivity index (χ4v) is 1.99. The number of ether oxygens (including phenoxy) is 1. The van der Waals surface area contributed by atoms with Crippen molar-refractivity contribution in [2.45, 2.75) is 19.5 Å². The van der Waals surface area contributed by atoms with Crippen molar-refractivity contribution in [3.63, 3.8) is 0 Å². The Kier molecular flexibility index (Phi) is 3.62. The van der Waals surface area contributed by atoms with Gasteiger partial charge < -0.3 is 15.0 Å². The number of amides is 2. The van der Waals surface area contributed by atoms with Crippen LogP contribution in [-0.4, -0.2) is 36.5 Å². The number of hydrogen-bond acceptors (Lipinski definition) is 3. The highest BCUT2D eigenvalue weighted by atomic mass is 16.5. The van der Waals surface area contributed by atoms with Crippen LogP contribution in [0.3, 0.4) is 0 Å². The van der Waals surface area contributed by atoms with E-state index < -0.39 is 6.04 Å². The lowest BCUT2D eigenvalue weighted by atomic mass is 10.1. The molecule has 1 aromatic rings. The van der Waals surface area contributed by atoms with E-state index >= 15 is 0 Å². The van der Waals surface area contributed by atoms with E-state index in [1.54, 1.807) is 6.92 Å². The topological polar surface area (TPSA) is 58.6 Å². The highest BCUT2D eigenvalue weighted by Gasteiger charge is 2.29. The van der Waals surface area contributed by atoms with Crippen LogP contribution in [0.15, 0.2) is 24.3 Å². The number of carbonyl (C=O) groups excluding carboxylic acids is 2. The zero-order valence-electron chi connectivity index (χ0n) is 10.5. The van der Waals surface area contributed by atoms with Crippen molar-refractivity contribution in [3.05, 3.63) is 29.8 Å². The van der Waals surface area contributed by atoms with Crippen LogP contribution in [0.2, 0.25) is 0 Å². The summed E-state index contributed by atoms with van der Waals surface area (Å²) in [5, 5.41) is 2.83. The number of benzene rings is 1. The van der Waals surface area contributed by atoms with Gasteiger partial charge in [0, 0.05) is 19.3 Å². The number of nitrogens with zero attached hydrogens (tertiary/aromatic N) is 1. The Labute approximate surface area is 106 Å². The van der Waals surface area contributed by atoms with Crippen LogP contribution in [0.5, 0.6) is 0 Å². The van der Waals surface area contributed by atoms with Gasteiger partial charge in [-0.25, -0.2) is 0 Å². The molecule has 5 heteroatoms. The normalized spacial score (nSPS) is 18.9. The molecule has 1 aliphatic rings. The third kappa shape index (κ3) is 2.36. The lowest BCUT2D eigenvalue weighted by Crippen LogP contribution is -2.44. The second-order valence-corrected chi connectivity index (χ2v) is 4.28. The molecular weight excluding hydrogens is 232 g/mol. The lowest BCUT2D eigenvalue weighted by Gasteiger charge is -2.25. The zero-order valence-corrected chi connectivity index (χ0v) is 10.5. The molecule has 1 atom stereocenters. The third-order valence-electron chi connectivity index (χ3n) is 3.05. The lowest BCUT2D eigenvalue weighted by molar-refractivity contribution is -0.141. The van der Waals surface area contributed by atoms with Crippen LogP contribution >= 0.6 is 0 Å². The molecule has 0 aliphatic carbocycles. The van der Waals surface area contributed by atoms with E-state index in [2.05, 4.69) is 5.32 Å². The van der Waals surface area contributed by atoms with Crippen LogP contribution in [0, 0.1) is 0 Å². The van der Waals surface area contributed by atoms with E-state index in [1.807, 2.05) is 24.3 Å². The Balaban J connectivity index is 2.31. The summed E-state index contributed by atoms with van der Waals surface area (Å²) in [5.74, 6) is -0.360. The van der Waals surface area contributed by atoms with Crippen molar-refractivity contribution in [2.24, 2.45) is 0 Å². The Bertz CT molecular complexity index is 473. The van der Waals surface area contributed by atoms with Crippen molar-refractivity contribution >= 4 is 17.5 Å². The number of nitrogens with one attached hydrogen (secondary N) is 1. The van der Waals surface area contributed by atoms with E-state index in [0.717, 1.165) is 11.3 Å². The molecule has 0 saturated heterocycles. The number of methoxy groups -OCH3 is 1. The van der Waals surface area contributed by atoms with Gasteiger partial charge in [0.2, 0.25) is 11.8 Å². The first kappa shape index (κ1) is 12.6. The average molecular weight is 248 g/mol. The van der Waals surface area contributed by atoms with Gasteiger partial charge in [-0.05, 0) is 18.6 Å². The summed E-state index contributed by atoms with van der Waals surface area (Å²) in [6.45, 7) is 2.12. The number of para-hydroxylation sites is 1. The van der Waals surface area contributed by atoms with Gasteiger partial charge in [-0.3, -0.25) is 9.59 Å². The van der Waals surface area contributed by atoms with Gasteiger partial charge in [-0.1, -0.05) is 18.2 Å². The maximum Gasteiger partial charge on any atom is 0.249 e. The molecule has 1 unspecified atom stereocenters. The summed E-state index contributed by atoms with van der Waals surface area (Å²) in [4.78, 5) is 25.4. The van der Waals surface area contributed by atoms with Crippen LogP contribution in [0.1, 0.15) is 12.5 Å². The van der Waals surface area contributed by atoms with Crippen molar-refractivity contribution in [1.82, 2.24) is 4.90 Å². The number of hydrogen-bond donors (Lipinski definition) is 1. The Hall–Kier alpha value is -1.88. The van der Waals surface area contributed by atoms with Crippen molar-refractivity contribution in [3.8, 4) is 0 Å². The molecule has 1 heterocycles. The SMILES string of the molecule is COCC(=O)N1Cc2ccccc2NC(=O)C1C. The Morgan fingerprint density at radius 2 is 2.22 bits per heavy atom. The minimum absolute atomic E-state index is 0.0141. The van der Waals surface area contributed by atoms with Crippen molar-refractivity contribution in [2.75, 3.05) is 19.0 Å². The van der Waals surface area contributed by atoms with Crippen molar-refractivity contribution < 1.29 is 14.3 Å². The summed E-state index contributed by atoms with van der Waals surface area (Å²) in [5.41, 5.74) is 1.70. The molecule has 1 aliphatic heterocycles. The standard InChI is InChI=1S/C13H16N2O3/c1-9-13(17)14-11-6-4-3-5-10(11)7-15(9)12(16)8-18-2/h3-6,9H,7-8H2,1-2H3,(H,14,17). The largest absolute Gasteiger partial charge is 0.375 e.